The average Bonchev–Trinajstić information content (AvgIpc) is 3.89. The van der Waals surface area contributed by atoms with Crippen LogP contribution in [0, 0.1) is 87.8 Å². The minimum Gasteiger partial charge on any atom is -0.393 e. The highest BCUT2D eigenvalue weighted by Crippen LogP contribution is 2.67. The van der Waals surface area contributed by atoms with Gasteiger partial charge in [-0.15, -0.1) is 0 Å². The highest BCUT2D eigenvalue weighted by atomic mass is 32.2. The van der Waals surface area contributed by atoms with E-state index in [9.17, 15) is 18.6 Å². The Morgan fingerprint density at radius 2 is 1.45 bits per heavy atom. The SMILES string of the molecule is CCCCNS(=O)(=O)c1ccccc1.CC[C@H](/C=C/[C@@H](C)[C@H]1CC[C@H]2[C@@H]3CC=C4C[C@@H](O)CC[C@]4(C)[C@H]3CC[C@]12C)C(C)C.OC1CCC2C(CCC3C4CCCC4CCC23)C1. The van der Waals surface area contributed by atoms with Gasteiger partial charge in [0.2, 0.25) is 10.0 Å². The molecule has 0 aromatic heterocycles. The summed E-state index contributed by atoms with van der Waals surface area (Å²) in [5.41, 5.74) is 2.51. The molecule has 0 radical (unpaired) electrons. The first-order chi connectivity index (χ1) is 29.7. The van der Waals surface area contributed by atoms with Crippen LogP contribution in [0.1, 0.15) is 183 Å². The number of nitrogens with one attached hydrogen (secondary N) is 1. The van der Waals surface area contributed by atoms with E-state index in [0.29, 0.717) is 28.2 Å². The van der Waals surface area contributed by atoms with Crippen LogP contribution in [0.5, 0.6) is 0 Å². The lowest BCUT2D eigenvalue weighted by Gasteiger charge is -2.58. The molecular weight excluding hydrogens is 783 g/mol. The number of allylic oxidation sites excluding steroid dienone is 3. The van der Waals surface area contributed by atoms with Gasteiger partial charge in [0.05, 0.1) is 17.1 Å². The molecule has 350 valence electrons. The molecule has 16 atom stereocenters. The summed E-state index contributed by atoms with van der Waals surface area (Å²) in [6.07, 6.45) is 35.1. The summed E-state index contributed by atoms with van der Waals surface area (Å²) in [6, 6.07) is 8.41. The summed E-state index contributed by atoms with van der Waals surface area (Å²) in [6.45, 7) is 17.3. The van der Waals surface area contributed by atoms with Crippen molar-refractivity contribution in [2.45, 2.75) is 200 Å². The lowest BCUT2D eigenvalue weighted by atomic mass is 9.47. The van der Waals surface area contributed by atoms with Crippen molar-refractivity contribution in [2.75, 3.05) is 6.54 Å². The second-order valence-corrected chi connectivity index (χ2v) is 25.0. The molecule has 7 unspecified atom stereocenters. The van der Waals surface area contributed by atoms with Gasteiger partial charge < -0.3 is 10.2 Å². The third-order valence-corrected chi connectivity index (χ3v) is 21.3. The van der Waals surface area contributed by atoms with E-state index in [-0.39, 0.29) is 12.2 Å². The van der Waals surface area contributed by atoms with Crippen molar-refractivity contribution < 1.29 is 18.6 Å². The second-order valence-electron chi connectivity index (χ2n) is 23.2. The van der Waals surface area contributed by atoms with Gasteiger partial charge in [0.15, 0.2) is 0 Å². The number of aliphatic hydroxyl groups is 2. The summed E-state index contributed by atoms with van der Waals surface area (Å²) in [5, 5.41) is 20.1. The van der Waals surface area contributed by atoms with Gasteiger partial charge in [-0.2, -0.15) is 0 Å². The van der Waals surface area contributed by atoms with Crippen molar-refractivity contribution in [3.05, 3.63) is 54.1 Å². The molecule has 1 aromatic carbocycles. The smallest absolute Gasteiger partial charge is 0.240 e. The van der Waals surface area contributed by atoms with Crippen molar-refractivity contribution in [3.8, 4) is 0 Å². The summed E-state index contributed by atoms with van der Waals surface area (Å²) in [7, 11) is -3.28. The minimum absolute atomic E-state index is 0.0330. The topological polar surface area (TPSA) is 86.6 Å². The molecule has 6 heteroatoms. The van der Waals surface area contributed by atoms with Crippen LogP contribution in [0.4, 0.5) is 0 Å². The predicted molar refractivity (Wildman–Crippen MR) is 258 cm³/mol. The first-order valence-electron chi connectivity index (χ1n) is 26.5. The molecule has 0 saturated heterocycles. The van der Waals surface area contributed by atoms with Gasteiger partial charge in [0, 0.05) is 6.54 Å². The fraction of sp³-hybridized carbons (Fsp3) is 0.821. The molecule has 0 bridgehead atoms. The third-order valence-electron chi connectivity index (χ3n) is 19.8. The van der Waals surface area contributed by atoms with E-state index in [0.717, 1.165) is 110 Å². The van der Waals surface area contributed by atoms with Gasteiger partial charge in [-0.1, -0.05) is 110 Å². The van der Waals surface area contributed by atoms with Crippen LogP contribution < -0.4 is 4.72 Å². The normalized spacial score (nSPS) is 40.8. The summed E-state index contributed by atoms with van der Waals surface area (Å²) in [4.78, 5) is 0.330. The molecule has 62 heavy (non-hydrogen) atoms. The number of unbranched alkanes of at least 4 members (excludes halogenated alkanes) is 1. The molecule has 8 aliphatic carbocycles. The molecule has 3 N–H and O–H groups in total. The van der Waals surface area contributed by atoms with Crippen LogP contribution in [0.15, 0.2) is 59.0 Å². The van der Waals surface area contributed by atoms with Crippen LogP contribution in [0.3, 0.4) is 0 Å². The molecule has 8 aliphatic rings. The molecule has 0 spiro atoms. The second kappa shape index (κ2) is 21.0. The fourth-order valence-electron chi connectivity index (χ4n) is 16.3. The van der Waals surface area contributed by atoms with E-state index in [1.165, 1.54) is 83.5 Å². The monoisotopic (exact) mass is 874 g/mol. The van der Waals surface area contributed by atoms with Gasteiger partial charge in [-0.25, -0.2) is 13.1 Å². The Bertz CT molecular complexity index is 1740. The quantitative estimate of drug-likeness (QED) is 0.161. The summed E-state index contributed by atoms with van der Waals surface area (Å²) < 4.78 is 25.7. The van der Waals surface area contributed by atoms with E-state index in [4.69, 9.17) is 0 Å². The Morgan fingerprint density at radius 3 is 2.16 bits per heavy atom. The van der Waals surface area contributed by atoms with Crippen LogP contribution >= 0.6 is 0 Å². The van der Waals surface area contributed by atoms with E-state index < -0.39 is 10.0 Å². The largest absolute Gasteiger partial charge is 0.393 e. The van der Waals surface area contributed by atoms with Crippen molar-refractivity contribution in [1.82, 2.24) is 4.72 Å². The lowest BCUT2D eigenvalue weighted by molar-refractivity contribution is -0.0540. The average molecular weight is 874 g/mol. The van der Waals surface area contributed by atoms with Crippen LogP contribution in [0.25, 0.3) is 0 Å². The molecule has 7 saturated carbocycles. The van der Waals surface area contributed by atoms with Gasteiger partial charge in [-0.05, 0) is 215 Å². The Balaban J connectivity index is 0.000000153. The zero-order valence-electron chi connectivity index (χ0n) is 40.5. The van der Waals surface area contributed by atoms with Crippen molar-refractivity contribution in [3.63, 3.8) is 0 Å². The van der Waals surface area contributed by atoms with Crippen molar-refractivity contribution in [1.29, 1.82) is 0 Å². The third kappa shape index (κ3) is 10.4. The Labute approximate surface area is 380 Å². The number of sulfonamides is 1. The van der Waals surface area contributed by atoms with E-state index in [1.807, 2.05) is 6.92 Å². The van der Waals surface area contributed by atoms with Gasteiger partial charge >= 0.3 is 0 Å². The zero-order chi connectivity index (χ0) is 44.2. The fourth-order valence-corrected chi connectivity index (χ4v) is 17.4. The maximum Gasteiger partial charge on any atom is 0.240 e. The van der Waals surface area contributed by atoms with Crippen molar-refractivity contribution in [2.24, 2.45) is 87.8 Å². The molecule has 5 nitrogen and oxygen atoms in total. The molecule has 0 aliphatic heterocycles. The lowest BCUT2D eigenvalue weighted by Crippen LogP contribution is -2.50. The van der Waals surface area contributed by atoms with Gasteiger partial charge in [0.25, 0.3) is 0 Å². The summed E-state index contributed by atoms with van der Waals surface area (Å²) >= 11 is 0. The van der Waals surface area contributed by atoms with E-state index in [1.54, 1.807) is 48.7 Å². The number of fused-ring (bicyclic) bond motifs is 10. The Hall–Kier alpha value is -1.47. The standard InChI is InChI=1S/C29H48O.C17H28O.C10H15NO2S/c1-7-21(19(2)3)9-8-20(4)25-12-13-26-24-11-10-22-18-23(30)14-16-28(22,5)27(24)15-17-29(25,26)6;18-13-6-9-15-12(10-13)5-8-16-14-3-1-2-11(14)4-7-17(15)16;1-2-3-9-11-14(12,13)10-7-5-4-6-8-10/h8-10,19-21,23-27,30H,7,11-18H2,1-6H3;11-18H,1-10H2;4-8,11H,2-3,9H2,1H3/b9-8+;;/t20-,21-,23+,24+,25-,26+,27+,28+,29-;;/m1../s1. The molecule has 7 fully saturated rings. The van der Waals surface area contributed by atoms with Gasteiger partial charge in [0.1, 0.15) is 0 Å². The van der Waals surface area contributed by atoms with Crippen LogP contribution in [-0.4, -0.2) is 37.4 Å². The van der Waals surface area contributed by atoms with E-state index in [2.05, 4.69) is 64.5 Å². The zero-order valence-corrected chi connectivity index (χ0v) is 41.3. The first-order valence-corrected chi connectivity index (χ1v) is 28.0. The van der Waals surface area contributed by atoms with Crippen LogP contribution in [0.2, 0.25) is 0 Å². The number of rotatable bonds is 10. The minimum atomic E-state index is -3.28. The number of hydrogen-bond acceptors (Lipinski definition) is 4. The number of benzene rings is 1. The van der Waals surface area contributed by atoms with E-state index >= 15 is 0 Å². The molecule has 0 amide bonds. The first kappa shape index (κ1) is 48.5. The molecule has 0 heterocycles. The van der Waals surface area contributed by atoms with Crippen molar-refractivity contribution >= 4 is 10.0 Å². The maximum atomic E-state index is 11.6. The molecule has 9 rings (SSSR count). The Morgan fingerprint density at radius 1 is 0.742 bits per heavy atom. The molecular formula is C56H91NO4S. The Kier molecular flexibility index (Phi) is 16.4. The predicted octanol–water partition coefficient (Wildman–Crippen LogP) is 13.6. The molecule has 1 aromatic rings. The number of hydrogen-bond donors (Lipinski definition) is 3. The van der Waals surface area contributed by atoms with Crippen LogP contribution in [-0.2, 0) is 10.0 Å². The number of aliphatic hydroxyl groups excluding tert-OH is 2. The highest BCUT2D eigenvalue weighted by molar-refractivity contribution is 7.89. The van der Waals surface area contributed by atoms with Gasteiger partial charge in [-0.3, -0.25) is 0 Å². The summed E-state index contributed by atoms with van der Waals surface area (Å²) in [5.74, 6) is 11.9. The maximum absolute atomic E-state index is 11.6. The highest BCUT2D eigenvalue weighted by Gasteiger charge is 2.59.